The third kappa shape index (κ3) is 2.39. The second kappa shape index (κ2) is 4.81. The van der Waals surface area contributed by atoms with Crippen LogP contribution in [0.5, 0.6) is 5.75 Å². The van der Waals surface area contributed by atoms with E-state index in [9.17, 15) is 14.7 Å². The molecule has 1 amide bonds. The molecule has 7 nitrogen and oxygen atoms in total. The number of carboxylic acids is 1. The molecule has 2 aromatic rings. The van der Waals surface area contributed by atoms with Crippen molar-refractivity contribution in [1.29, 1.82) is 0 Å². The number of hydrogen-bond acceptors (Lipinski definition) is 4. The highest BCUT2D eigenvalue weighted by atomic mass is 16.4. The van der Waals surface area contributed by atoms with Gasteiger partial charge in [0.25, 0.3) is 5.91 Å². The van der Waals surface area contributed by atoms with Gasteiger partial charge in [0.05, 0.1) is 17.4 Å². The van der Waals surface area contributed by atoms with Crippen molar-refractivity contribution in [2.24, 2.45) is 0 Å². The van der Waals surface area contributed by atoms with Gasteiger partial charge in [0, 0.05) is 5.69 Å². The molecule has 2 rings (SSSR count). The van der Waals surface area contributed by atoms with Crippen LogP contribution in [0.1, 0.15) is 26.4 Å². The fraction of sp³-hybridized carbons (Fsp3) is 0.0833. The molecule has 19 heavy (non-hydrogen) atoms. The number of carboxylic acid groups (broad SMARTS) is 1. The van der Waals surface area contributed by atoms with Gasteiger partial charge in [0.2, 0.25) is 0 Å². The number of aromatic nitrogens is 2. The Bertz CT molecular complexity index is 648. The summed E-state index contributed by atoms with van der Waals surface area (Å²) in [5.74, 6) is -2.23. The molecule has 0 bridgehead atoms. The molecule has 4 N–H and O–H groups in total. The van der Waals surface area contributed by atoms with Gasteiger partial charge in [-0.2, -0.15) is 5.10 Å². The van der Waals surface area contributed by atoms with Crippen molar-refractivity contribution < 1.29 is 19.8 Å². The lowest BCUT2D eigenvalue weighted by atomic mass is 10.1. The van der Waals surface area contributed by atoms with Gasteiger partial charge in [-0.15, -0.1) is 0 Å². The maximum Gasteiger partial charge on any atom is 0.339 e. The number of para-hydroxylation sites is 1. The molecular weight excluding hydrogens is 250 g/mol. The normalized spacial score (nSPS) is 10.2. The fourth-order valence-electron chi connectivity index (χ4n) is 1.59. The zero-order valence-electron chi connectivity index (χ0n) is 9.97. The summed E-state index contributed by atoms with van der Waals surface area (Å²) in [4.78, 5) is 22.8. The van der Waals surface area contributed by atoms with Gasteiger partial charge in [-0.25, -0.2) is 4.79 Å². The number of phenols is 1. The minimum atomic E-state index is -1.27. The lowest BCUT2D eigenvalue weighted by molar-refractivity contribution is 0.0693. The van der Waals surface area contributed by atoms with E-state index in [2.05, 4.69) is 15.5 Å². The molecule has 0 radical (unpaired) electrons. The van der Waals surface area contributed by atoms with Crippen molar-refractivity contribution in [3.63, 3.8) is 0 Å². The van der Waals surface area contributed by atoms with E-state index >= 15 is 0 Å². The van der Waals surface area contributed by atoms with Crippen LogP contribution in [0.15, 0.2) is 24.4 Å². The monoisotopic (exact) mass is 261 g/mol. The minimum absolute atomic E-state index is 0.0329. The number of nitrogens with zero attached hydrogens (tertiary/aromatic N) is 1. The number of aromatic hydroxyl groups is 1. The number of anilines is 1. The zero-order chi connectivity index (χ0) is 14.0. The van der Waals surface area contributed by atoms with E-state index in [4.69, 9.17) is 5.11 Å². The molecule has 0 aliphatic heterocycles. The summed E-state index contributed by atoms with van der Waals surface area (Å²) in [6, 6.07) is 4.09. The van der Waals surface area contributed by atoms with E-state index < -0.39 is 17.6 Å². The van der Waals surface area contributed by atoms with E-state index in [1.54, 1.807) is 6.92 Å². The molecule has 0 spiro atoms. The van der Waals surface area contributed by atoms with E-state index in [0.29, 0.717) is 11.3 Å². The first-order valence-electron chi connectivity index (χ1n) is 5.37. The van der Waals surface area contributed by atoms with Crippen LogP contribution in [0.2, 0.25) is 0 Å². The maximum atomic E-state index is 11.9. The average Bonchev–Trinajstić information content (AvgIpc) is 2.77. The first-order valence-corrected chi connectivity index (χ1v) is 5.37. The Hall–Kier alpha value is -2.83. The van der Waals surface area contributed by atoms with Crippen molar-refractivity contribution in [1.82, 2.24) is 10.2 Å². The van der Waals surface area contributed by atoms with Crippen LogP contribution in [0, 0.1) is 6.92 Å². The molecule has 1 aromatic carbocycles. The van der Waals surface area contributed by atoms with Gasteiger partial charge in [-0.1, -0.05) is 6.07 Å². The number of H-pyrrole nitrogens is 1. The zero-order valence-corrected chi connectivity index (χ0v) is 9.97. The number of carbonyl (C=O) groups excluding carboxylic acids is 1. The number of aryl methyl sites for hydroxylation is 1. The van der Waals surface area contributed by atoms with Crippen LogP contribution in [0.25, 0.3) is 0 Å². The van der Waals surface area contributed by atoms with Crippen molar-refractivity contribution in [2.75, 3.05) is 5.32 Å². The van der Waals surface area contributed by atoms with Crippen LogP contribution >= 0.6 is 0 Å². The minimum Gasteiger partial charge on any atom is -0.505 e. The molecule has 98 valence electrons. The quantitative estimate of drug-likeness (QED) is 0.623. The topological polar surface area (TPSA) is 115 Å². The molecule has 0 saturated carbocycles. The number of amides is 1. The van der Waals surface area contributed by atoms with E-state index in [1.807, 2.05) is 0 Å². The Morgan fingerprint density at radius 1 is 1.32 bits per heavy atom. The highest BCUT2D eigenvalue weighted by Gasteiger charge is 2.16. The molecule has 0 fully saturated rings. The molecule has 1 heterocycles. The summed E-state index contributed by atoms with van der Waals surface area (Å²) >= 11 is 0. The average molecular weight is 261 g/mol. The molecule has 0 aliphatic rings. The van der Waals surface area contributed by atoms with Crippen LogP contribution in [-0.2, 0) is 0 Å². The Labute approximate surface area is 107 Å². The number of hydrogen-bond donors (Lipinski definition) is 4. The first-order chi connectivity index (χ1) is 9.00. The van der Waals surface area contributed by atoms with E-state index in [1.165, 1.54) is 24.4 Å². The summed E-state index contributed by atoms with van der Waals surface area (Å²) in [6.07, 6.45) is 1.35. The summed E-state index contributed by atoms with van der Waals surface area (Å²) in [6.45, 7) is 1.68. The molecule has 1 aromatic heterocycles. The van der Waals surface area contributed by atoms with Gasteiger partial charge in [0.1, 0.15) is 5.56 Å². The van der Waals surface area contributed by atoms with Crippen molar-refractivity contribution in [2.45, 2.75) is 6.92 Å². The highest BCUT2D eigenvalue weighted by Crippen LogP contribution is 2.27. The SMILES string of the molecule is Cc1[nH]ncc1C(=O)Nc1cccc(C(=O)O)c1O. The second-order valence-corrected chi connectivity index (χ2v) is 3.87. The number of nitrogens with one attached hydrogen (secondary N) is 2. The third-order valence-electron chi connectivity index (χ3n) is 2.59. The molecular formula is C12H11N3O4. The summed E-state index contributed by atoms with van der Waals surface area (Å²) < 4.78 is 0. The number of carbonyl (C=O) groups is 2. The number of benzene rings is 1. The lowest BCUT2D eigenvalue weighted by Gasteiger charge is -2.08. The van der Waals surface area contributed by atoms with Crippen molar-refractivity contribution in [3.05, 3.63) is 41.2 Å². The smallest absolute Gasteiger partial charge is 0.339 e. The lowest BCUT2D eigenvalue weighted by Crippen LogP contribution is -2.13. The molecule has 0 unspecified atom stereocenters. The Morgan fingerprint density at radius 2 is 2.05 bits per heavy atom. The van der Waals surface area contributed by atoms with Crippen molar-refractivity contribution >= 4 is 17.6 Å². The Kier molecular flexibility index (Phi) is 3.19. The van der Waals surface area contributed by atoms with Crippen LogP contribution in [0.4, 0.5) is 5.69 Å². The maximum absolute atomic E-state index is 11.9. The van der Waals surface area contributed by atoms with Crippen LogP contribution in [0.3, 0.4) is 0 Å². The van der Waals surface area contributed by atoms with E-state index in [0.717, 1.165) is 0 Å². The molecule has 0 saturated heterocycles. The Morgan fingerprint density at radius 3 is 2.63 bits per heavy atom. The summed E-state index contributed by atoms with van der Waals surface area (Å²) in [5.41, 5.74) is 0.652. The molecule has 0 aliphatic carbocycles. The fourth-order valence-corrected chi connectivity index (χ4v) is 1.59. The summed E-state index contributed by atoms with van der Waals surface area (Å²) in [5, 5.41) is 27.4. The standard InChI is InChI=1S/C12H11N3O4/c1-6-8(5-13-15-6)11(17)14-9-4-2-3-7(10(9)16)12(18)19/h2-5,16H,1H3,(H,13,15)(H,14,17)(H,18,19). The van der Waals surface area contributed by atoms with Crippen molar-refractivity contribution in [3.8, 4) is 5.75 Å². The number of aromatic amines is 1. The Balaban J connectivity index is 2.30. The number of rotatable bonds is 3. The summed E-state index contributed by atoms with van der Waals surface area (Å²) in [7, 11) is 0. The predicted molar refractivity (Wildman–Crippen MR) is 66.3 cm³/mol. The van der Waals surface area contributed by atoms with Gasteiger partial charge in [-0.3, -0.25) is 9.89 Å². The third-order valence-corrected chi connectivity index (χ3v) is 2.59. The van der Waals surface area contributed by atoms with Crippen LogP contribution in [-0.4, -0.2) is 32.3 Å². The molecule has 0 atom stereocenters. The van der Waals surface area contributed by atoms with Gasteiger partial charge in [-0.05, 0) is 19.1 Å². The van der Waals surface area contributed by atoms with Gasteiger partial charge in [0.15, 0.2) is 5.75 Å². The first kappa shape index (κ1) is 12.6. The second-order valence-electron chi connectivity index (χ2n) is 3.87. The largest absolute Gasteiger partial charge is 0.505 e. The molecule has 7 heteroatoms. The van der Waals surface area contributed by atoms with Crippen LogP contribution < -0.4 is 5.32 Å². The predicted octanol–water partition coefficient (Wildman–Crippen LogP) is 1.37. The van der Waals surface area contributed by atoms with Gasteiger partial charge < -0.3 is 15.5 Å². The van der Waals surface area contributed by atoms with Gasteiger partial charge >= 0.3 is 5.97 Å². The number of aromatic carboxylic acids is 1. The van der Waals surface area contributed by atoms with E-state index in [-0.39, 0.29) is 11.3 Å². The highest BCUT2D eigenvalue weighted by molar-refractivity contribution is 6.06.